The second kappa shape index (κ2) is 9.31. The summed E-state index contributed by atoms with van der Waals surface area (Å²) < 4.78 is 33.7. The van der Waals surface area contributed by atoms with Gasteiger partial charge in [-0.3, -0.25) is 4.98 Å². The number of hydrogen-bond acceptors (Lipinski definition) is 5. The third kappa shape index (κ3) is 6.15. The first-order chi connectivity index (χ1) is 14.1. The van der Waals surface area contributed by atoms with Gasteiger partial charge in [0.25, 0.3) is 0 Å². The summed E-state index contributed by atoms with van der Waals surface area (Å²) in [6.45, 7) is 6.53. The summed E-state index contributed by atoms with van der Waals surface area (Å²) in [6.07, 6.45) is 4.99. The van der Waals surface area contributed by atoms with Gasteiger partial charge in [-0.05, 0) is 70.4 Å². The van der Waals surface area contributed by atoms with Gasteiger partial charge in [0.1, 0.15) is 10.5 Å². The third-order valence-corrected chi connectivity index (χ3v) is 6.80. The Bertz CT molecular complexity index is 972. The number of ether oxygens (including phenoxy) is 1. The lowest BCUT2D eigenvalue weighted by molar-refractivity contribution is 0.0513. The molecule has 1 heterocycles. The monoisotopic (exact) mass is 433 g/mol. The first kappa shape index (κ1) is 22.5. The maximum absolute atomic E-state index is 12.8. The van der Waals surface area contributed by atoms with Crippen LogP contribution in [-0.2, 0) is 14.8 Å². The molecule has 1 aromatic heterocycles. The zero-order valence-electron chi connectivity index (χ0n) is 17.8. The number of carbonyl (C=O) groups is 1. The number of hydrogen-bond donors (Lipinski definition) is 2. The number of nitrogens with one attached hydrogen (secondary N) is 2. The van der Waals surface area contributed by atoms with Gasteiger partial charge in [0.2, 0.25) is 10.0 Å². The van der Waals surface area contributed by atoms with Crippen LogP contribution in [0.4, 0.5) is 4.79 Å². The van der Waals surface area contributed by atoms with Gasteiger partial charge in [-0.1, -0.05) is 18.2 Å². The number of aromatic nitrogens is 1. The molecule has 2 aromatic rings. The summed E-state index contributed by atoms with van der Waals surface area (Å²) in [5.74, 6) is 0.688. The van der Waals surface area contributed by atoms with Crippen molar-refractivity contribution in [2.45, 2.75) is 57.0 Å². The first-order valence-corrected chi connectivity index (χ1v) is 11.9. The SMILES string of the molecule is CC(C)(C)OC(=O)NCC1CCC(CNS(=O)(=O)c2cccc3cccnc23)CC1. The normalized spacial score (nSPS) is 20.1. The van der Waals surface area contributed by atoms with Crippen LogP contribution in [0.3, 0.4) is 0 Å². The van der Waals surface area contributed by atoms with Gasteiger partial charge >= 0.3 is 6.09 Å². The van der Waals surface area contributed by atoms with Crippen LogP contribution < -0.4 is 10.0 Å². The quantitative estimate of drug-likeness (QED) is 0.721. The topological polar surface area (TPSA) is 97.4 Å². The molecule has 1 fully saturated rings. The Morgan fingerprint density at radius 3 is 2.37 bits per heavy atom. The molecule has 0 saturated heterocycles. The molecular weight excluding hydrogens is 402 g/mol. The van der Waals surface area contributed by atoms with Crippen molar-refractivity contribution in [3.63, 3.8) is 0 Å². The number of fused-ring (bicyclic) bond motifs is 1. The molecule has 30 heavy (non-hydrogen) atoms. The number of rotatable bonds is 6. The predicted octanol–water partition coefficient (Wildman–Crippen LogP) is 3.84. The lowest BCUT2D eigenvalue weighted by Crippen LogP contribution is -2.37. The smallest absolute Gasteiger partial charge is 0.407 e. The highest BCUT2D eigenvalue weighted by atomic mass is 32.2. The average molecular weight is 434 g/mol. The van der Waals surface area contributed by atoms with Crippen molar-refractivity contribution in [1.82, 2.24) is 15.0 Å². The molecule has 1 amide bonds. The fourth-order valence-electron chi connectivity index (χ4n) is 3.78. The molecule has 0 atom stereocenters. The molecule has 164 valence electrons. The van der Waals surface area contributed by atoms with Crippen LogP contribution in [0.1, 0.15) is 46.5 Å². The molecule has 1 saturated carbocycles. The molecule has 0 aliphatic heterocycles. The van der Waals surface area contributed by atoms with Crippen LogP contribution in [0.5, 0.6) is 0 Å². The molecular formula is C22H31N3O4S. The summed E-state index contributed by atoms with van der Waals surface area (Å²) in [7, 11) is -3.62. The molecule has 0 spiro atoms. The van der Waals surface area contributed by atoms with E-state index < -0.39 is 15.6 Å². The van der Waals surface area contributed by atoms with Crippen molar-refractivity contribution in [1.29, 1.82) is 0 Å². The minimum atomic E-state index is -3.62. The number of nitrogens with zero attached hydrogens (tertiary/aromatic N) is 1. The molecule has 3 rings (SSSR count). The van der Waals surface area contributed by atoms with Crippen LogP contribution in [0.2, 0.25) is 0 Å². The van der Waals surface area contributed by atoms with E-state index in [1.807, 2.05) is 32.9 Å². The van der Waals surface area contributed by atoms with Crippen LogP contribution in [-0.4, -0.2) is 38.2 Å². The number of pyridine rings is 1. The van der Waals surface area contributed by atoms with E-state index in [0.29, 0.717) is 30.4 Å². The van der Waals surface area contributed by atoms with Crippen molar-refractivity contribution < 1.29 is 17.9 Å². The van der Waals surface area contributed by atoms with Gasteiger partial charge < -0.3 is 10.1 Å². The standard InChI is InChI=1S/C22H31N3O4S/c1-22(2,3)29-21(26)24-14-16-9-11-17(12-10-16)15-25-30(27,28)19-8-4-6-18-7-5-13-23-20(18)19/h4-8,13,16-17,25H,9-12,14-15H2,1-3H3,(H,24,26). The number of alkyl carbamates (subject to hydrolysis) is 1. The van der Waals surface area contributed by atoms with Crippen LogP contribution in [0, 0.1) is 11.8 Å². The highest BCUT2D eigenvalue weighted by Crippen LogP contribution is 2.29. The van der Waals surface area contributed by atoms with Gasteiger partial charge in [0.15, 0.2) is 0 Å². The zero-order valence-corrected chi connectivity index (χ0v) is 18.7. The maximum Gasteiger partial charge on any atom is 0.407 e. The van der Waals surface area contributed by atoms with Crippen molar-refractivity contribution in [3.8, 4) is 0 Å². The average Bonchev–Trinajstić information content (AvgIpc) is 2.70. The second-order valence-electron chi connectivity index (χ2n) is 8.95. The number of carbonyl (C=O) groups excluding carboxylic acids is 1. The minimum absolute atomic E-state index is 0.218. The van der Waals surface area contributed by atoms with Crippen molar-refractivity contribution in [2.75, 3.05) is 13.1 Å². The number of benzene rings is 1. The lowest BCUT2D eigenvalue weighted by Gasteiger charge is -2.29. The van der Waals surface area contributed by atoms with Crippen LogP contribution in [0.25, 0.3) is 10.9 Å². The Morgan fingerprint density at radius 1 is 1.07 bits per heavy atom. The van der Waals surface area contributed by atoms with Gasteiger partial charge in [0, 0.05) is 24.7 Å². The Kier molecular flexibility index (Phi) is 6.98. The summed E-state index contributed by atoms with van der Waals surface area (Å²) in [6, 6.07) is 8.84. The molecule has 0 unspecified atom stereocenters. The Hall–Kier alpha value is -2.19. The number of sulfonamides is 1. The van der Waals surface area contributed by atoms with E-state index in [9.17, 15) is 13.2 Å². The van der Waals surface area contributed by atoms with Gasteiger partial charge in [0.05, 0.1) is 5.52 Å². The molecule has 1 aromatic carbocycles. The maximum atomic E-state index is 12.8. The summed E-state index contributed by atoms with van der Waals surface area (Å²) in [4.78, 5) is 16.3. The number of amides is 1. The second-order valence-corrected chi connectivity index (χ2v) is 10.7. The summed E-state index contributed by atoms with van der Waals surface area (Å²) >= 11 is 0. The molecule has 2 N–H and O–H groups in total. The third-order valence-electron chi connectivity index (χ3n) is 5.35. The highest BCUT2D eigenvalue weighted by Gasteiger charge is 2.25. The Balaban J connectivity index is 1.48. The van der Waals surface area contributed by atoms with E-state index in [4.69, 9.17) is 4.74 Å². The molecule has 0 bridgehead atoms. The predicted molar refractivity (Wildman–Crippen MR) is 117 cm³/mol. The molecule has 1 aliphatic carbocycles. The summed E-state index contributed by atoms with van der Waals surface area (Å²) in [5.41, 5.74) is -0.0113. The lowest BCUT2D eigenvalue weighted by atomic mass is 9.82. The van der Waals surface area contributed by atoms with E-state index >= 15 is 0 Å². The van der Waals surface area contributed by atoms with Crippen molar-refractivity contribution in [3.05, 3.63) is 36.5 Å². The summed E-state index contributed by atoms with van der Waals surface area (Å²) in [5, 5.41) is 3.64. The van der Waals surface area contributed by atoms with E-state index in [1.54, 1.807) is 24.4 Å². The molecule has 7 nitrogen and oxygen atoms in total. The van der Waals surface area contributed by atoms with E-state index in [-0.39, 0.29) is 11.0 Å². The van der Waals surface area contributed by atoms with Crippen molar-refractivity contribution in [2.24, 2.45) is 11.8 Å². The Morgan fingerprint density at radius 2 is 1.70 bits per heavy atom. The highest BCUT2D eigenvalue weighted by molar-refractivity contribution is 7.89. The van der Waals surface area contributed by atoms with Crippen LogP contribution in [0.15, 0.2) is 41.4 Å². The van der Waals surface area contributed by atoms with Crippen LogP contribution >= 0.6 is 0 Å². The van der Waals surface area contributed by atoms with E-state index in [1.165, 1.54) is 0 Å². The largest absolute Gasteiger partial charge is 0.444 e. The van der Waals surface area contributed by atoms with Gasteiger partial charge in [-0.15, -0.1) is 0 Å². The van der Waals surface area contributed by atoms with Gasteiger partial charge in [-0.25, -0.2) is 17.9 Å². The first-order valence-electron chi connectivity index (χ1n) is 10.4. The fourth-order valence-corrected chi connectivity index (χ4v) is 5.07. The van der Waals surface area contributed by atoms with Gasteiger partial charge in [-0.2, -0.15) is 0 Å². The molecule has 1 aliphatic rings. The number of para-hydroxylation sites is 1. The fraction of sp³-hybridized carbons (Fsp3) is 0.545. The Labute approximate surface area is 178 Å². The molecule has 0 radical (unpaired) electrons. The van der Waals surface area contributed by atoms with E-state index in [2.05, 4.69) is 15.0 Å². The van der Waals surface area contributed by atoms with E-state index in [0.717, 1.165) is 31.1 Å². The molecule has 8 heteroatoms. The zero-order chi connectivity index (χ0) is 21.8. The van der Waals surface area contributed by atoms with Crippen molar-refractivity contribution >= 4 is 27.0 Å². The minimum Gasteiger partial charge on any atom is -0.444 e.